The number of rotatable bonds is 12. The van der Waals surface area contributed by atoms with Gasteiger partial charge in [0.1, 0.15) is 0 Å². The van der Waals surface area contributed by atoms with Crippen molar-refractivity contribution in [3.05, 3.63) is 374 Å². The van der Waals surface area contributed by atoms with E-state index in [1.807, 2.05) is 0 Å². The summed E-state index contributed by atoms with van der Waals surface area (Å²) in [6.07, 6.45) is 0. The molecule has 94 heavy (non-hydrogen) atoms. The molecule has 0 saturated carbocycles. The van der Waals surface area contributed by atoms with Crippen LogP contribution in [0.15, 0.2) is 352 Å². The molecule has 0 aromatic heterocycles. The first kappa shape index (κ1) is 57.2. The molecule has 446 valence electrons. The van der Waals surface area contributed by atoms with E-state index < -0.39 is 16.1 Å². The van der Waals surface area contributed by atoms with Crippen molar-refractivity contribution >= 4 is 79.2 Å². The van der Waals surface area contributed by atoms with Crippen LogP contribution >= 0.6 is 0 Å². The molecule has 0 nitrogen and oxygen atoms in total. The van der Waals surface area contributed by atoms with Gasteiger partial charge in [0.25, 0.3) is 0 Å². The molecule has 17 rings (SSSR count). The first-order valence-corrected chi connectivity index (χ1v) is 37.2. The molecule has 0 fully saturated rings. The summed E-state index contributed by atoms with van der Waals surface area (Å²) in [5, 5.41) is 16.2. The van der Waals surface area contributed by atoms with E-state index in [-0.39, 0.29) is 10.8 Å². The Morgan fingerprint density at radius 2 is 0.394 bits per heavy atom. The van der Waals surface area contributed by atoms with E-state index >= 15 is 0 Å². The molecular formula is C92H70Si2. The third kappa shape index (κ3) is 8.84. The molecule has 0 bridgehead atoms. The first-order valence-electron chi connectivity index (χ1n) is 33.2. The van der Waals surface area contributed by atoms with Crippen LogP contribution in [0.2, 0.25) is 0 Å². The fraction of sp³-hybridized carbons (Fsp3) is 0.0652. The first-order chi connectivity index (χ1) is 46.1. The lowest BCUT2D eigenvalue weighted by Gasteiger charge is -2.35. The molecule has 0 N–H and O–H groups in total. The molecule has 15 aromatic rings. The Balaban J connectivity index is 0.686. The molecule has 0 amide bonds. The lowest BCUT2D eigenvalue weighted by Crippen LogP contribution is -2.74. The third-order valence-electron chi connectivity index (χ3n) is 21.4. The Labute approximate surface area is 554 Å². The van der Waals surface area contributed by atoms with Gasteiger partial charge in [-0.2, -0.15) is 0 Å². The summed E-state index contributed by atoms with van der Waals surface area (Å²) >= 11 is 0. The van der Waals surface area contributed by atoms with E-state index in [0.29, 0.717) is 0 Å². The van der Waals surface area contributed by atoms with Crippen molar-refractivity contribution in [3.8, 4) is 66.8 Å². The molecule has 2 aliphatic carbocycles. The molecule has 15 aromatic carbocycles. The number of hydrogen-bond acceptors (Lipinski definition) is 0. The molecule has 0 unspecified atom stereocenters. The van der Waals surface area contributed by atoms with E-state index in [1.54, 1.807) is 0 Å². The van der Waals surface area contributed by atoms with Crippen LogP contribution in [0.3, 0.4) is 0 Å². The van der Waals surface area contributed by atoms with Crippen LogP contribution in [0.5, 0.6) is 0 Å². The summed E-state index contributed by atoms with van der Waals surface area (Å²) in [6, 6.07) is 134. The van der Waals surface area contributed by atoms with Crippen LogP contribution in [0.25, 0.3) is 88.3 Å². The second-order valence-electron chi connectivity index (χ2n) is 27.0. The van der Waals surface area contributed by atoms with Crippen molar-refractivity contribution < 1.29 is 0 Å². The maximum atomic E-state index is 2.58. The average molecular weight is 1230 g/mol. The lowest BCUT2D eigenvalue weighted by atomic mass is 9.81. The molecule has 0 atom stereocenters. The molecule has 0 heterocycles. The summed E-state index contributed by atoms with van der Waals surface area (Å²) in [5.74, 6) is 0. The summed E-state index contributed by atoms with van der Waals surface area (Å²) in [7, 11) is -5.43. The van der Waals surface area contributed by atoms with E-state index in [2.05, 4.69) is 380 Å². The number of benzene rings is 15. The second-order valence-corrected chi connectivity index (χ2v) is 34.6. The van der Waals surface area contributed by atoms with Crippen molar-refractivity contribution in [2.45, 2.75) is 38.5 Å². The minimum atomic E-state index is -2.71. The maximum Gasteiger partial charge on any atom is 0.179 e. The van der Waals surface area contributed by atoms with Gasteiger partial charge in [-0.15, -0.1) is 0 Å². The molecule has 0 saturated heterocycles. The Hall–Kier alpha value is -10.7. The summed E-state index contributed by atoms with van der Waals surface area (Å²) in [5.41, 5.74) is 20.3. The van der Waals surface area contributed by atoms with Gasteiger partial charge in [-0.05, 0) is 164 Å². The molecule has 2 heteroatoms. The highest BCUT2D eigenvalue weighted by molar-refractivity contribution is 7.20. The van der Waals surface area contributed by atoms with Gasteiger partial charge in [-0.25, -0.2) is 0 Å². The average Bonchev–Trinajstić information content (AvgIpc) is 1.50. The Bertz CT molecular complexity index is 4780. The van der Waals surface area contributed by atoms with Crippen LogP contribution in [0.1, 0.15) is 49.9 Å². The van der Waals surface area contributed by atoms with E-state index in [0.717, 1.165) is 0 Å². The normalized spacial score (nSPS) is 13.5. The minimum absolute atomic E-state index is 0.218. The summed E-state index contributed by atoms with van der Waals surface area (Å²) in [6.45, 7) is 9.71. The van der Waals surface area contributed by atoms with Crippen LogP contribution in [-0.2, 0) is 10.8 Å². The Kier molecular flexibility index (Phi) is 13.7. The quantitative estimate of drug-likeness (QED) is 0.0650. The monoisotopic (exact) mass is 1230 g/mol. The maximum absolute atomic E-state index is 2.71. The van der Waals surface area contributed by atoms with Gasteiger partial charge in [0.15, 0.2) is 16.1 Å². The van der Waals surface area contributed by atoms with Gasteiger partial charge < -0.3 is 0 Å². The van der Waals surface area contributed by atoms with Gasteiger partial charge in [-0.3, -0.25) is 0 Å². The van der Waals surface area contributed by atoms with E-state index in [9.17, 15) is 0 Å². The molecule has 2 aliphatic rings. The highest BCUT2D eigenvalue weighted by Gasteiger charge is 2.46. The minimum Gasteiger partial charge on any atom is -0.0623 e. The standard InChI is InChI=1S/C92H70Si2/c1-91(2)85-59-67(51-55-77(85)79-57-53-75(61-87(79)91)93(69-27-11-5-12-28-69,70-29-13-6-14-30-70)71-31-15-7-16-32-71)63-43-47-65(48-44-63)89-81-39-23-25-41-83(81)90(84-42-26-24-40-82(84)89)66-49-45-64(46-50-66)68-52-56-78-80-58-54-76(62-88(80)92(3,4)86(78)60-68)94(72-33-17-8-18-34-72,73-35-19-9-20-36-73)74-37-21-10-22-38-74/h5-62H,1-4H3. The summed E-state index contributed by atoms with van der Waals surface area (Å²) in [4.78, 5) is 0. The zero-order valence-electron chi connectivity index (χ0n) is 53.5. The Morgan fingerprint density at radius 3 is 0.660 bits per heavy atom. The van der Waals surface area contributed by atoms with Crippen LogP contribution in [0.4, 0.5) is 0 Å². The van der Waals surface area contributed by atoms with Crippen LogP contribution in [-0.4, -0.2) is 16.1 Å². The highest BCUT2D eigenvalue weighted by atomic mass is 28.3. The van der Waals surface area contributed by atoms with Gasteiger partial charge in [-0.1, -0.05) is 367 Å². The molecular weight excluding hydrogens is 1160 g/mol. The van der Waals surface area contributed by atoms with Gasteiger partial charge in [0, 0.05) is 10.8 Å². The van der Waals surface area contributed by atoms with Crippen LogP contribution < -0.4 is 41.5 Å². The molecule has 0 radical (unpaired) electrons. The smallest absolute Gasteiger partial charge is 0.0623 e. The van der Waals surface area contributed by atoms with Crippen molar-refractivity contribution in [2.24, 2.45) is 0 Å². The van der Waals surface area contributed by atoms with Gasteiger partial charge in [0.2, 0.25) is 0 Å². The predicted molar refractivity (Wildman–Crippen MR) is 406 cm³/mol. The Morgan fingerprint density at radius 1 is 0.181 bits per heavy atom. The number of hydrogen-bond donors (Lipinski definition) is 0. The topological polar surface area (TPSA) is 0 Å². The zero-order valence-corrected chi connectivity index (χ0v) is 55.5. The van der Waals surface area contributed by atoms with Gasteiger partial charge >= 0.3 is 0 Å². The van der Waals surface area contributed by atoms with Crippen molar-refractivity contribution in [1.82, 2.24) is 0 Å². The molecule has 0 aliphatic heterocycles. The second kappa shape index (κ2) is 22.5. The SMILES string of the molecule is CC1(C)c2cc(-c3ccc(-c4c5ccccc5c(-c5ccc(-c6ccc7c(c6)C(C)(C)c6cc([Si](c8ccccc8)(c8ccccc8)c8ccccc8)ccc6-7)cc5)c5ccccc45)cc3)ccc2-c2ccc([Si](c3ccccc3)(c3ccccc3)c3ccccc3)cc21. The fourth-order valence-electron chi connectivity index (χ4n) is 16.8. The third-order valence-corrected chi connectivity index (χ3v) is 31.0. The van der Waals surface area contributed by atoms with Crippen molar-refractivity contribution in [3.63, 3.8) is 0 Å². The number of fused-ring (bicyclic) bond motifs is 8. The lowest BCUT2D eigenvalue weighted by molar-refractivity contribution is 0.661. The van der Waals surface area contributed by atoms with Crippen molar-refractivity contribution in [2.75, 3.05) is 0 Å². The summed E-state index contributed by atoms with van der Waals surface area (Å²) < 4.78 is 0. The van der Waals surface area contributed by atoms with Gasteiger partial charge in [0.05, 0.1) is 0 Å². The molecule has 0 spiro atoms. The van der Waals surface area contributed by atoms with E-state index in [1.165, 1.54) is 152 Å². The van der Waals surface area contributed by atoms with Crippen molar-refractivity contribution in [1.29, 1.82) is 0 Å². The fourth-order valence-corrected chi connectivity index (χ4v) is 26.4. The largest absolute Gasteiger partial charge is 0.179 e. The van der Waals surface area contributed by atoms with E-state index in [4.69, 9.17) is 0 Å². The van der Waals surface area contributed by atoms with Crippen LogP contribution in [0, 0.1) is 0 Å². The predicted octanol–water partition coefficient (Wildman–Crippen LogP) is 18.0. The zero-order chi connectivity index (χ0) is 63.2. The highest BCUT2D eigenvalue weighted by Crippen LogP contribution is 2.52.